The van der Waals surface area contributed by atoms with Crippen molar-refractivity contribution in [3.05, 3.63) is 35.4 Å². The van der Waals surface area contributed by atoms with Crippen LogP contribution in [0.2, 0.25) is 0 Å². The largest absolute Gasteiger partial charge is 0.496 e. The lowest BCUT2D eigenvalue weighted by Crippen LogP contribution is -2.07. The molecule has 0 spiro atoms. The summed E-state index contributed by atoms with van der Waals surface area (Å²) in [6.45, 7) is 17.2. The number of unbranched alkanes of at least 4 members (excludes halogenated alkanes) is 1. The number of allylic oxidation sites excluding steroid dienone is 1. The highest BCUT2D eigenvalue weighted by Crippen LogP contribution is 2.22. The highest BCUT2D eigenvalue weighted by atomic mass is 16.5. The van der Waals surface area contributed by atoms with Gasteiger partial charge in [0.15, 0.2) is 0 Å². The molecule has 0 fully saturated rings. The molecule has 2 heteroatoms. The Morgan fingerprint density at radius 1 is 0.963 bits per heavy atom. The number of hydrogen-bond donors (Lipinski definition) is 0. The molecule has 0 saturated carbocycles. The molecule has 1 atom stereocenters. The standard InChI is InChI=1S/C19H30O2.3C2H6/c1-5-9-17(15-20-3)10-7-6-8-11-18-14-16(2)12-13-19(18)21-4;3*1-2/h8,11-14,17H,5-7,9-10,15H2,1-4H3;3*1-2H3/b11-8+;;;. The fourth-order valence-electron chi connectivity index (χ4n) is 2.67. The summed E-state index contributed by atoms with van der Waals surface area (Å²) in [6, 6.07) is 6.28. The van der Waals surface area contributed by atoms with Crippen LogP contribution in [0.25, 0.3) is 6.08 Å². The minimum Gasteiger partial charge on any atom is -0.496 e. The first kappa shape index (κ1) is 30.4. The van der Waals surface area contributed by atoms with Crippen LogP contribution in [-0.2, 0) is 4.74 Å². The molecule has 0 N–H and O–H groups in total. The maximum atomic E-state index is 5.39. The van der Waals surface area contributed by atoms with Crippen molar-refractivity contribution < 1.29 is 9.47 Å². The molecule has 0 aliphatic rings. The SMILES string of the molecule is CC.CC.CC.CCCC(CCC/C=C/c1cc(C)ccc1OC)COC. The third-order valence-corrected chi connectivity index (χ3v) is 3.77. The second-order valence-electron chi connectivity index (χ2n) is 5.69. The van der Waals surface area contributed by atoms with E-state index in [0.29, 0.717) is 5.92 Å². The van der Waals surface area contributed by atoms with Gasteiger partial charge in [0.25, 0.3) is 0 Å². The van der Waals surface area contributed by atoms with Crippen LogP contribution in [0.4, 0.5) is 0 Å². The van der Waals surface area contributed by atoms with E-state index in [9.17, 15) is 0 Å². The van der Waals surface area contributed by atoms with Crippen molar-refractivity contribution >= 4 is 6.08 Å². The number of rotatable bonds is 10. The Morgan fingerprint density at radius 2 is 1.59 bits per heavy atom. The van der Waals surface area contributed by atoms with Gasteiger partial charge in [0.1, 0.15) is 5.75 Å². The van der Waals surface area contributed by atoms with Crippen LogP contribution < -0.4 is 4.74 Å². The first-order valence-electron chi connectivity index (χ1n) is 11.0. The van der Waals surface area contributed by atoms with Gasteiger partial charge in [-0.1, -0.05) is 78.7 Å². The van der Waals surface area contributed by atoms with E-state index >= 15 is 0 Å². The Bertz CT molecular complexity index is 418. The zero-order valence-electron chi connectivity index (χ0n) is 20.0. The molecule has 0 aliphatic heterocycles. The second kappa shape index (κ2) is 24.7. The van der Waals surface area contributed by atoms with Crippen molar-refractivity contribution in [3.63, 3.8) is 0 Å². The number of methoxy groups -OCH3 is 2. The van der Waals surface area contributed by atoms with Crippen LogP contribution in [0.3, 0.4) is 0 Å². The average molecular weight is 381 g/mol. The molecule has 0 aliphatic carbocycles. The van der Waals surface area contributed by atoms with Gasteiger partial charge < -0.3 is 9.47 Å². The molecular weight excluding hydrogens is 332 g/mol. The van der Waals surface area contributed by atoms with Crippen LogP contribution in [0.1, 0.15) is 91.7 Å². The number of aryl methyl sites for hydroxylation is 1. The Labute approximate surface area is 171 Å². The number of benzene rings is 1. The third kappa shape index (κ3) is 16.6. The van der Waals surface area contributed by atoms with E-state index in [0.717, 1.165) is 18.8 Å². The van der Waals surface area contributed by atoms with Gasteiger partial charge in [0.2, 0.25) is 0 Å². The molecule has 160 valence electrons. The van der Waals surface area contributed by atoms with Gasteiger partial charge in [-0.25, -0.2) is 0 Å². The zero-order chi connectivity index (χ0) is 21.5. The van der Waals surface area contributed by atoms with Crippen molar-refractivity contribution in [1.82, 2.24) is 0 Å². The Hall–Kier alpha value is -1.28. The normalized spacial score (nSPS) is 10.6. The summed E-state index contributed by atoms with van der Waals surface area (Å²) in [7, 11) is 3.52. The summed E-state index contributed by atoms with van der Waals surface area (Å²) < 4.78 is 10.7. The van der Waals surface area contributed by atoms with E-state index in [4.69, 9.17) is 9.47 Å². The van der Waals surface area contributed by atoms with E-state index in [2.05, 4.69) is 38.1 Å². The van der Waals surface area contributed by atoms with Crippen molar-refractivity contribution in [1.29, 1.82) is 0 Å². The molecule has 0 radical (unpaired) electrons. The summed E-state index contributed by atoms with van der Waals surface area (Å²) in [6.07, 6.45) is 10.5. The van der Waals surface area contributed by atoms with Crippen molar-refractivity contribution in [2.24, 2.45) is 5.92 Å². The average Bonchev–Trinajstić information content (AvgIpc) is 2.72. The lowest BCUT2D eigenvalue weighted by Gasteiger charge is -2.14. The molecule has 1 rings (SSSR count). The molecule has 2 nitrogen and oxygen atoms in total. The Morgan fingerprint density at radius 3 is 2.11 bits per heavy atom. The molecule has 0 aromatic heterocycles. The van der Waals surface area contributed by atoms with E-state index in [1.54, 1.807) is 14.2 Å². The van der Waals surface area contributed by atoms with Crippen LogP contribution in [0, 0.1) is 12.8 Å². The van der Waals surface area contributed by atoms with E-state index in [1.165, 1.54) is 36.8 Å². The van der Waals surface area contributed by atoms with Crippen LogP contribution in [0.5, 0.6) is 5.75 Å². The molecule has 0 heterocycles. The zero-order valence-corrected chi connectivity index (χ0v) is 20.0. The Balaban J connectivity index is -0.000000869. The monoisotopic (exact) mass is 380 g/mol. The molecule has 1 unspecified atom stereocenters. The molecule has 0 amide bonds. The van der Waals surface area contributed by atoms with Gasteiger partial charge in [0, 0.05) is 19.3 Å². The molecule has 1 aromatic rings. The number of hydrogen-bond acceptors (Lipinski definition) is 2. The summed E-state index contributed by atoms with van der Waals surface area (Å²) in [5.74, 6) is 1.65. The first-order valence-corrected chi connectivity index (χ1v) is 11.0. The summed E-state index contributed by atoms with van der Waals surface area (Å²) in [4.78, 5) is 0. The lowest BCUT2D eigenvalue weighted by molar-refractivity contribution is 0.142. The van der Waals surface area contributed by atoms with Crippen LogP contribution in [-0.4, -0.2) is 20.8 Å². The van der Waals surface area contributed by atoms with Gasteiger partial charge in [-0.3, -0.25) is 0 Å². The molecule has 27 heavy (non-hydrogen) atoms. The van der Waals surface area contributed by atoms with Crippen molar-refractivity contribution in [2.45, 2.75) is 87.5 Å². The van der Waals surface area contributed by atoms with E-state index in [1.807, 2.05) is 47.6 Å². The number of ether oxygens (including phenoxy) is 2. The first-order chi connectivity index (χ1) is 13.2. The van der Waals surface area contributed by atoms with Crippen LogP contribution >= 0.6 is 0 Å². The van der Waals surface area contributed by atoms with E-state index < -0.39 is 0 Å². The fourth-order valence-corrected chi connectivity index (χ4v) is 2.67. The molecule has 0 bridgehead atoms. The quantitative estimate of drug-likeness (QED) is 0.380. The minimum absolute atomic E-state index is 0.710. The highest BCUT2D eigenvalue weighted by molar-refractivity contribution is 5.58. The smallest absolute Gasteiger partial charge is 0.126 e. The minimum atomic E-state index is 0.710. The molecule has 1 aromatic carbocycles. The summed E-state index contributed by atoms with van der Waals surface area (Å²) in [5, 5.41) is 0. The molecule has 0 saturated heterocycles. The fraction of sp³-hybridized carbons (Fsp3) is 0.680. The predicted molar refractivity (Wildman–Crippen MR) is 125 cm³/mol. The second-order valence-corrected chi connectivity index (χ2v) is 5.69. The Kier molecular flexibility index (Phi) is 27.9. The maximum absolute atomic E-state index is 5.39. The summed E-state index contributed by atoms with van der Waals surface area (Å²) >= 11 is 0. The van der Waals surface area contributed by atoms with Crippen molar-refractivity contribution in [2.75, 3.05) is 20.8 Å². The predicted octanol–water partition coefficient (Wildman–Crippen LogP) is 8.33. The van der Waals surface area contributed by atoms with Gasteiger partial charge in [-0.2, -0.15) is 0 Å². The van der Waals surface area contributed by atoms with Crippen LogP contribution in [0.15, 0.2) is 24.3 Å². The summed E-state index contributed by atoms with van der Waals surface area (Å²) in [5.41, 5.74) is 2.43. The van der Waals surface area contributed by atoms with Gasteiger partial charge in [0.05, 0.1) is 7.11 Å². The maximum Gasteiger partial charge on any atom is 0.126 e. The molecular formula is C25H48O2. The van der Waals surface area contributed by atoms with E-state index in [-0.39, 0.29) is 0 Å². The lowest BCUT2D eigenvalue weighted by atomic mass is 9.97. The van der Waals surface area contributed by atoms with Gasteiger partial charge in [-0.15, -0.1) is 0 Å². The van der Waals surface area contributed by atoms with Gasteiger partial charge >= 0.3 is 0 Å². The topological polar surface area (TPSA) is 18.5 Å². The van der Waals surface area contributed by atoms with Gasteiger partial charge in [-0.05, 0) is 50.7 Å². The highest BCUT2D eigenvalue weighted by Gasteiger charge is 2.06. The third-order valence-electron chi connectivity index (χ3n) is 3.77. The van der Waals surface area contributed by atoms with Crippen molar-refractivity contribution in [3.8, 4) is 5.75 Å².